The van der Waals surface area contributed by atoms with Gasteiger partial charge in [0.2, 0.25) is 0 Å². The Kier molecular flexibility index (Phi) is 6.35. The first-order valence-electron chi connectivity index (χ1n) is 9.78. The molecule has 30 heavy (non-hydrogen) atoms. The van der Waals surface area contributed by atoms with Gasteiger partial charge in [0.05, 0.1) is 11.6 Å². The molecule has 0 bridgehead atoms. The smallest absolute Gasteiger partial charge is 0.417 e. The van der Waals surface area contributed by atoms with Gasteiger partial charge in [-0.15, -0.1) is 0 Å². The van der Waals surface area contributed by atoms with Crippen LogP contribution in [0.4, 0.5) is 4.79 Å². The van der Waals surface area contributed by atoms with Gasteiger partial charge in [0.15, 0.2) is 0 Å². The third-order valence-electron chi connectivity index (χ3n) is 4.45. The summed E-state index contributed by atoms with van der Waals surface area (Å²) in [5.41, 5.74) is 1.47. The van der Waals surface area contributed by atoms with Crippen molar-refractivity contribution in [3.05, 3.63) is 77.4 Å². The average molecular weight is 407 g/mol. The van der Waals surface area contributed by atoms with E-state index in [1.54, 1.807) is 51.1 Å². The normalized spacial score (nSPS) is 16.6. The van der Waals surface area contributed by atoms with Gasteiger partial charge in [-0.2, -0.15) is 0 Å². The Morgan fingerprint density at radius 2 is 1.87 bits per heavy atom. The highest BCUT2D eigenvalue weighted by Gasteiger charge is 2.36. The Labute approximate surface area is 176 Å². The molecule has 3 rings (SSSR count). The van der Waals surface area contributed by atoms with E-state index in [-0.39, 0.29) is 12.6 Å². The highest BCUT2D eigenvalue weighted by Crippen LogP contribution is 2.19. The molecule has 0 aliphatic carbocycles. The maximum atomic E-state index is 12.7. The molecule has 6 heteroatoms. The Bertz CT molecular complexity index is 959. The highest BCUT2D eigenvalue weighted by atomic mass is 16.6. The molecule has 0 spiro atoms. The monoisotopic (exact) mass is 407 g/mol. The number of esters is 1. The Morgan fingerprint density at radius 1 is 1.13 bits per heavy atom. The van der Waals surface area contributed by atoms with Crippen LogP contribution in [0.1, 0.15) is 42.3 Å². The zero-order chi connectivity index (χ0) is 21.7. The van der Waals surface area contributed by atoms with E-state index in [0.29, 0.717) is 17.5 Å². The fourth-order valence-corrected chi connectivity index (χ4v) is 3.12. The van der Waals surface area contributed by atoms with E-state index in [2.05, 4.69) is 0 Å². The van der Waals surface area contributed by atoms with Crippen LogP contribution in [0, 0.1) is 0 Å². The fraction of sp³-hybridized carbons (Fsp3) is 0.292. The summed E-state index contributed by atoms with van der Waals surface area (Å²) in [6, 6.07) is 16.1. The lowest BCUT2D eigenvalue weighted by molar-refractivity contribution is -0.124. The summed E-state index contributed by atoms with van der Waals surface area (Å²) in [5, 5.41) is 0. The van der Waals surface area contributed by atoms with Crippen molar-refractivity contribution in [2.24, 2.45) is 0 Å². The summed E-state index contributed by atoms with van der Waals surface area (Å²) < 4.78 is 10.5. The second-order valence-corrected chi connectivity index (χ2v) is 8.09. The Morgan fingerprint density at radius 3 is 2.57 bits per heavy atom. The molecule has 6 nitrogen and oxygen atoms in total. The van der Waals surface area contributed by atoms with Gasteiger partial charge >= 0.3 is 12.1 Å². The molecule has 0 aromatic heterocycles. The lowest BCUT2D eigenvalue weighted by Crippen LogP contribution is -2.39. The van der Waals surface area contributed by atoms with Crippen molar-refractivity contribution in [1.29, 1.82) is 0 Å². The SMILES string of the molecule is CC(C)(C)OC(=O)c1cccc(/C=C/C(=O)N2C(=O)OC[C@H]2Cc2ccccc2)c1. The number of rotatable bonds is 5. The van der Waals surface area contributed by atoms with E-state index in [9.17, 15) is 14.4 Å². The van der Waals surface area contributed by atoms with Crippen LogP contribution >= 0.6 is 0 Å². The van der Waals surface area contributed by atoms with Gasteiger partial charge < -0.3 is 9.47 Å². The van der Waals surface area contributed by atoms with Crippen molar-refractivity contribution in [3.8, 4) is 0 Å². The summed E-state index contributed by atoms with van der Waals surface area (Å²) in [5.74, 6) is -0.892. The van der Waals surface area contributed by atoms with Gasteiger partial charge in [-0.1, -0.05) is 42.5 Å². The van der Waals surface area contributed by atoms with Gasteiger partial charge in [0, 0.05) is 6.08 Å². The van der Waals surface area contributed by atoms with E-state index >= 15 is 0 Å². The molecular formula is C24H25NO5. The lowest BCUT2D eigenvalue weighted by atomic mass is 10.1. The highest BCUT2D eigenvalue weighted by molar-refractivity contribution is 6.02. The van der Waals surface area contributed by atoms with Crippen LogP contribution in [-0.2, 0) is 20.7 Å². The fourth-order valence-electron chi connectivity index (χ4n) is 3.12. The number of ether oxygens (including phenoxy) is 2. The Balaban J connectivity index is 1.70. The zero-order valence-electron chi connectivity index (χ0n) is 17.3. The van der Waals surface area contributed by atoms with Crippen LogP contribution in [0.25, 0.3) is 6.08 Å². The topological polar surface area (TPSA) is 72.9 Å². The molecule has 2 aromatic carbocycles. The second-order valence-electron chi connectivity index (χ2n) is 8.09. The standard InChI is InChI=1S/C24H25NO5/c1-24(2,3)30-22(27)19-11-7-10-18(14-19)12-13-21(26)25-20(16-29-23(25)28)15-17-8-5-4-6-9-17/h4-14,20H,15-16H2,1-3H3/b13-12+/t20-/m1/s1. The van der Waals surface area contributed by atoms with Gasteiger partial charge in [0.25, 0.3) is 5.91 Å². The van der Waals surface area contributed by atoms with Crippen molar-refractivity contribution in [1.82, 2.24) is 4.90 Å². The number of nitrogens with zero attached hydrogens (tertiary/aromatic N) is 1. The van der Waals surface area contributed by atoms with E-state index in [1.165, 1.54) is 6.08 Å². The molecule has 156 valence electrons. The van der Waals surface area contributed by atoms with Crippen LogP contribution in [0.2, 0.25) is 0 Å². The van der Waals surface area contributed by atoms with Crippen molar-refractivity contribution < 1.29 is 23.9 Å². The lowest BCUT2D eigenvalue weighted by Gasteiger charge is -2.19. The van der Waals surface area contributed by atoms with Gasteiger partial charge in [0.1, 0.15) is 12.2 Å². The number of amides is 2. The third kappa shape index (κ3) is 5.56. The minimum absolute atomic E-state index is 0.168. The largest absolute Gasteiger partial charge is 0.456 e. The molecule has 2 aromatic rings. The summed E-state index contributed by atoms with van der Waals surface area (Å²) in [4.78, 5) is 38.2. The average Bonchev–Trinajstić information content (AvgIpc) is 3.06. The third-order valence-corrected chi connectivity index (χ3v) is 4.45. The maximum Gasteiger partial charge on any atom is 0.417 e. The molecule has 1 aliphatic heterocycles. The summed E-state index contributed by atoms with van der Waals surface area (Å²) in [6.07, 6.45) is 2.77. The molecule has 1 aliphatic rings. The summed E-state index contributed by atoms with van der Waals surface area (Å²) in [6.45, 7) is 5.57. The first-order chi connectivity index (χ1) is 14.2. The van der Waals surface area contributed by atoms with Crippen LogP contribution in [-0.4, -0.2) is 41.1 Å². The molecule has 1 fully saturated rings. The molecule has 1 atom stereocenters. The van der Waals surface area contributed by atoms with Crippen LogP contribution < -0.4 is 0 Å². The first kappa shape index (κ1) is 21.3. The number of carbonyl (C=O) groups is 3. The molecule has 2 amide bonds. The molecular weight excluding hydrogens is 382 g/mol. The molecule has 0 saturated carbocycles. The molecule has 1 heterocycles. The Hall–Kier alpha value is -3.41. The quantitative estimate of drug-likeness (QED) is 0.547. The second kappa shape index (κ2) is 8.95. The number of cyclic esters (lactones) is 1. The van der Waals surface area contributed by atoms with E-state index in [0.717, 1.165) is 10.5 Å². The van der Waals surface area contributed by atoms with Crippen molar-refractivity contribution >= 4 is 24.0 Å². The van der Waals surface area contributed by atoms with Gasteiger partial charge in [-0.25, -0.2) is 14.5 Å². The van der Waals surface area contributed by atoms with E-state index in [1.807, 2.05) is 30.3 Å². The molecule has 0 radical (unpaired) electrons. The number of benzene rings is 2. The van der Waals surface area contributed by atoms with Crippen molar-refractivity contribution in [2.45, 2.75) is 38.8 Å². The number of carbonyl (C=O) groups excluding carboxylic acids is 3. The minimum atomic E-state index is -0.645. The first-order valence-corrected chi connectivity index (χ1v) is 9.78. The maximum absolute atomic E-state index is 12.7. The van der Waals surface area contributed by atoms with Crippen LogP contribution in [0.5, 0.6) is 0 Å². The van der Waals surface area contributed by atoms with Crippen molar-refractivity contribution in [2.75, 3.05) is 6.61 Å². The zero-order valence-corrected chi connectivity index (χ0v) is 17.3. The number of imide groups is 1. The number of hydrogen-bond donors (Lipinski definition) is 0. The minimum Gasteiger partial charge on any atom is -0.456 e. The van der Waals surface area contributed by atoms with E-state index in [4.69, 9.17) is 9.47 Å². The molecule has 0 N–H and O–H groups in total. The number of hydrogen-bond acceptors (Lipinski definition) is 5. The van der Waals surface area contributed by atoms with Crippen LogP contribution in [0.15, 0.2) is 60.7 Å². The predicted octanol–water partition coefficient (Wildman–Crippen LogP) is 4.25. The molecule has 1 saturated heterocycles. The van der Waals surface area contributed by atoms with Crippen LogP contribution in [0.3, 0.4) is 0 Å². The van der Waals surface area contributed by atoms with Gasteiger partial charge in [-0.3, -0.25) is 4.79 Å². The summed E-state index contributed by atoms with van der Waals surface area (Å²) in [7, 11) is 0. The van der Waals surface area contributed by atoms with Gasteiger partial charge in [-0.05, 0) is 56.5 Å². The molecule has 0 unspecified atom stereocenters. The van der Waals surface area contributed by atoms with Crippen molar-refractivity contribution in [3.63, 3.8) is 0 Å². The predicted molar refractivity (Wildman–Crippen MR) is 113 cm³/mol. The van der Waals surface area contributed by atoms with E-state index < -0.39 is 23.6 Å². The summed E-state index contributed by atoms with van der Waals surface area (Å²) >= 11 is 0.